The lowest BCUT2D eigenvalue weighted by atomic mass is 10.2. The summed E-state index contributed by atoms with van der Waals surface area (Å²) in [5, 5.41) is -0.319. The summed E-state index contributed by atoms with van der Waals surface area (Å²) in [6, 6.07) is 5.00. The van der Waals surface area contributed by atoms with Gasteiger partial charge in [0.15, 0.2) is 0 Å². The van der Waals surface area contributed by atoms with Crippen molar-refractivity contribution in [2.45, 2.75) is 25.3 Å². The highest BCUT2D eigenvalue weighted by molar-refractivity contribution is 6.20. The van der Waals surface area contributed by atoms with Gasteiger partial charge in [0.25, 0.3) is 0 Å². The van der Waals surface area contributed by atoms with Gasteiger partial charge >= 0.3 is 5.97 Å². The molecule has 0 bridgehead atoms. The summed E-state index contributed by atoms with van der Waals surface area (Å²) in [7, 11) is 2.96. The molecule has 0 N–H and O–H groups in total. The van der Waals surface area contributed by atoms with Crippen molar-refractivity contribution in [3.8, 4) is 5.75 Å². The van der Waals surface area contributed by atoms with E-state index in [-0.39, 0.29) is 11.3 Å². The van der Waals surface area contributed by atoms with Crippen molar-refractivity contribution in [2.75, 3.05) is 14.2 Å². The van der Waals surface area contributed by atoms with Crippen LogP contribution in [-0.2, 0) is 9.53 Å². The first-order valence-corrected chi connectivity index (χ1v) is 6.71. The Morgan fingerprint density at radius 3 is 2.60 bits per heavy atom. The van der Waals surface area contributed by atoms with Gasteiger partial charge in [0.05, 0.1) is 30.6 Å². The standard InChI is InChI=1S/C14H17ClN2O3/c1-8(15)13-16-11-6-5-10(19-3)7-12(11)17(13)9(2)14(18)20-4/h5-9H,1-4H3. The number of aromatic nitrogens is 2. The van der Waals surface area contributed by atoms with E-state index >= 15 is 0 Å². The Labute approximate surface area is 122 Å². The minimum atomic E-state index is -0.506. The molecule has 5 nitrogen and oxygen atoms in total. The number of benzene rings is 1. The van der Waals surface area contributed by atoms with Crippen LogP contribution >= 0.6 is 11.6 Å². The van der Waals surface area contributed by atoms with Gasteiger partial charge in [0.2, 0.25) is 0 Å². The van der Waals surface area contributed by atoms with Crippen LogP contribution in [0, 0.1) is 0 Å². The van der Waals surface area contributed by atoms with Gasteiger partial charge in [-0.3, -0.25) is 0 Å². The predicted octanol–water partition coefficient (Wildman–Crippen LogP) is 3.08. The molecule has 0 saturated heterocycles. The highest BCUT2D eigenvalue weighted by Crippen LogP contribution is 2.30. The largest absolute Gasteiger partial charge is 0.497 e. The van der Waals surface area contributed by atoms with Crippen LogP contribution < -0.4 is 4.74 Å². The van der Waals surface area contributed by atoms with E-state index in [1.807, 2.05) is 25.1 Å². The Morgan fingerprint density at radius 2 is 2.05 bits per heavy atom. The van der Waals surface area contributed by atoms with Crippen LogP contribution in [0.25, 0.3) is 11.0 Å². The normalized spacial score (nSPS) is 14.1. The molecule has 0 radical (unpaired) electrons. The zero-order valence-electron chi connectivity index (χ0n) is 11.9. The third-order valence-electron chi connectivity index (χ3n) is 3.21. The maximum absolute atomic E-state index is 11.8. The number of methoxy groups -OCH3 is 2. The number of imidazole rings is 1. The number of carbonyl (C=O) groups excluding carboxylic acids is 1. The first kappa shape index (κ1) is 14.7. The van der Waals surface area contributed by atoms with Crippen LogP contribution in [0.4, 0.5) is 0 Å². The van der Waals surface area contributed by atoms with Gasteiger partial charge in [-0.15, -0.1) is 11.6 Å². The van der Waals surface area contributed by atoms with Crippen LogP contribution in [0.3, 0.4) is 0 Å². The highest BCUT2D eigenvalue weighted by atomic mass is 35.5. The van der Waals surface area contributed by atoms with Crippen LogP contribution in [-0.4, -0.2) is 29.7 Å². The second-order valence-corrected chi connectivity index (χ2v) is 5.16. The summed E-state index contributed by atoms with van der Waals surface area (Å²) in [4.78, 5) is 16.3. The van der Waals surface area contributed by atoms with E-state index in [2.05, 4.69) is 4.98 Å². The summed E-state index contributed by atoms with van der Waals surface area (Å²) >= 11 is 6.18. The van der Waals surface area contributed by atoms with Crippen molar-refractivity contribution in [1.82, 2.24) is 9.55 Å². The zero-order valence-corrected chi connectivity index (χ0v) is 12.6. The van der Waals surface area contributed by atoms with Crippen molar-refractivity contribution in [3.63, 3.8) is 0 Å². The molecular formula is C14H17ClN2O3. The maximum Gasteiger partial charge on any atom is 0.328 e. The fourth-order valence-corrected chi connectivity index (χ4v) is 2.34. The molecule has 0 fully saturated rings. The molecule has 0 saturated carbocycles. The van der Waals surface area contributed by atoms with Gasteiger partial charge in [-0.2, -0.15) is 0 Å². The van der Waals surface area contributed by atoms with Gasteiger partial charge in [0, 0.05) is 6.07 Å². The minimum absolute atomic E-state index is 0.319. The van der Waals surface area contributed by atoms with E-state index in [0.29, 0.717) is 11.6 Å². The van der Waals surface area contributed by atoms with Gasteiger partial charge in [-0.05, 0) is 26.0 Å². The first-order chi connectivity index (χ1) is 9.49. The first-order valence-electron chi connectivity index (χ1n) is 6.27. The Bertz CT molecular complexity index is 637. The van der Waals surface area contributed by atoms with Crippen LogP contribution in [0.1, 0.15) is 31.1 Å². The van der Waals surface area contributed by atoms with Crippen molar-refractivity contribution in [2.24, 2.45) is 0 Å². The van der Waals surface area contributed by atoms with Crippen molar-refractivity contribution in [3.05, 3.63) is 24.0 Å². The third-order valence-corrected chi connectivity index (χ3v) is 3.40. The Kier molecular flexibility index (Phi) is 4.18. The van der Waals surface area contributed by atoms with Crippen LogP contribution in [0.15, 0.2) is 18.2 Å². The number of nitrogens with zero attached hydrogens (tertiary/aromatic N) is 2. The number of carbonyl (C=O) groups is 1. The molecule has 0 aliphatic heterocycles. The molecule has 0 spiro atoms. The van der Waals surface area contributed by atoms with E-state index in [4.69, 9.17) is 21.1 Å². The molecule has 2 unspecified atom stereocenters. The lowest BCUT2D eigenvalue weighted by Crippen LogP contribution is -2.20. The Hall–Kier alpha value is -1.75. The second-order valence-electron chi connectivity index (χ2n) is 4.51. The van der Waals surface area contributed by atoms with Crippen molar-refractivity contribution < 1.29 is 14.3 Å². The topological polar surface area (TPSA) is 53.4 Å². The molecule has 0 aliphatic carbocycles. The summed E-state index contributed by atoms with van der Waals surface area (Å²) in [6.07, 6.45) is 0. The SMILES string of the molecule is COC(=O)C(C)n1c(C(C)Cl)nc2ccc(OC)cc21. The number of hydrogen-bond acceptors (Lipinski definition) is 4. The monoisotopic (exact) mass is 296 g/mol. The van der Waals surface area contributed by atoms with Crippen molar-refractivity contribution in [1.29, 1.82) is 0 Å². The van der Waals surface area contributed by atoms with E-state index in [9.17, 15) is 4.79 Å². The summed E-state index contributed by atoms with van der Waals surface area (Å²) in [6.45, 7) is 3.58. The molecule has 20 heavy (non-hydrogen) atoms. The summed E-state index contributed by atoms with van der Waals surface area (Å²) < 4.78 is 11.8. The van der Waals surface area contributed by atoms with Gasteiger partial charge < -0.3 is 14.0 Å². The Balaban J connectivity index is 2.69. The maximum atomic E-state index is 11.8. The number of fused-ring (bicyclic) bond motifs is 1. The number of hydrogen-bond donors (Lipinski definition) is 0. The highest BCUT2D eigenvalue weighted by Gasteiger charge is 2.24. The molecule has 1 aromatic heterocycles. The average molecular weight is 297 g/mol. The average Bonchev–Trinajstić information content (AvgIpc) is 2.83. The molecule has 6 heteroatoms. The number of ether oxygens (including phenoxy) is 2. The van der Waals surface area contributed by atoms with E-state index in [0.717, 1.165) is 11.0 Å². The zero-order chi connectivity index (χ0) is 14.9. The van der Waals surface area contributed by atoms with Gasteiger partial charge in [0.1, 0.15) is 17.6 Å². The molecule has 108 valence electrons. The van der Waals surface area contributed by atoms with Crippen molar-refractivity contribution >= 4 is 28.6 Å². The van der Waals surface area contributed by atoms with Gasteiger partial charge in [-0.25, -0.2) is 9.78 Å². The number of esters is 1. The summed E-state index contributed by atoms with van der Waals surface area (Å²) in [5.74, 6) is 0.989. The third kappa shape index (κ3) is 2.45. The molecule has 2 aromatic rings. The van der Waals surface area contributed by atoms with E-state index in [1.165, 1.54) is 7.11 Å². The fourth-order valence-electron chi connectivity index (χ4n) is 2.18. The smallest absolute Gasteiger partial charge is 0.328 e. The second kappa shape index (κ2) is 5.71. The lowest BCUT2D eigenvalue weighted by molar-refractivity contribution is -0.143. The van der Waals surface area contributed by atoms with Crippen LogP contribution in [0.5, 0.6) is 5.75 Å². The molecule has 0 amide bonds. The molecular weight excluding hydrogens is 280 g/mol. The quantitative estimate of drug-likeness (QED) is 0.643. The number of alkyl halides is 1. The van der Waals surface area contributed by atoms with Crippen LogP contribution in [0.2, 0.25) is 0 Å². The fraction of sp³-hybridized carbons (Fsp3) is 0.429. The molecule has 0 aliphatic rings. The number of halogens is 1. The number of rotatable bonds is 4. The van der Waals surface area contributed by atoms with E-state index in [1.54, 1.807) is 18.6 Å². The molecule has 1 aromatic carbocycles. The van der Waals surface area contributed by atoms with E-state index < -0.39 is 6.04 Å². The molecule has 1 heterocycles. The molecule has 2 rings (SSSR count). The predicted molar refractivity (Wildman–Crippen MR) is 77.3 cm³/mol. The lowest BCUT2D eigenvalue weighted by Gasteiger charge is -2.16. The Morgan fingerprint density at radius 1 is 1.35 bits per heavy atom. The molecule has 2 atom stereocenters. The summed E-state index contributed by atoms with van der Waals surface area (Å²) in [5.41, 5.74) is 1.56. The van der Waals surface area contributed by atoms with Gasteiger partial charge in [-0.1, -0.05) is 0 Å². The minimum Gasteiger partial charge on any atom is -0.497 e.